The summed E-state index contributed by atoms with van der Waals surface area (Å²) in [5, 5.41) is 3.41. The Morgan fingerprint density at radius 3 is 2.96 bits per heavy atom. The maximum Gasteiger partial charge on any atom is 0.268 e. The molecule has 132 valence electrons. The van der Waals surface area contributed by atoms with Crippen molar-refractivity contribution in [2.24, 2.45) is 0 Å². The number of anilines is 1. The summed E-state index contributed by atoms with van der Waals surface area (Å²) in [5.41, 5.74) is 0.913. The molecule has 0 fully saturated rings. The number of halogens is 1. The second kappa shape index (κ2) is 7.61. The average molecular weight is 379 g/mol. The zero-order chi connectivity index (χ0) is 18.0. The van der Waals surface area contributed by atoms with Gasteiger partial charge in [-0.3, -0.25) is 14.2 Å². The fourth-order valence-electron chi connectivity index (χ4n) is 2.60. The Bertz CT molecular complexity index is 869. The molecule has 0 radical (unpaired) electrons. The van der Waals surface area contributed by atoms with Crippen LogP contribution in [0.1, 0.15) is 19.5 Å². The molecule has 2 heterocycles. The molecular weight excluding hydrogens is 361 g/mol. The summed E-state index contributed by atoms with van der Waals surface area (Å²) in [6.07, 6.45) is 0.759. The highest BCUT2D eigenvalue weighted by Crippen LogP contribution is 2.34. The van der Waals surface area contributed by atoms with E-state index in [0.29, 0.717) is 17.0 Å². The van der Waals surface area contributed by atoms with E-state index in [2.05, 4.69) is 17.2 Å². The minimum Gasteiger partial charge on any atom is -0.323 e. The van der Waals surface area contributed by atoms with Crippen LogP contribution in [0.2, 0.25) is 0 Å². The van der Waals surface area contributed by atoms with E-state index in [1.807, 2.05) is 6.92 Å². The number of amides is 1. The van der Waals surface area contributed by atoms with Crippen molar-refractivity contribution in [2.45, 2.75) is 42.1 Å². The van der Waals surface area contributed by atoms with Crippen molar-refractivity contribution in [3.05, 3.63) is 46.1 Å². The summed E-state index contributed by atoms with van der Waals surface area (Å²) in [7, 11) is 0. The van der Waals surface area contributed by atoms with E-state index in [-0.39, 0.29) is 22.9 Å². The first-order valence-electron chi connectivity index (χ1n) is 7.97. The molecule has 1 aliphatic rings. The van der Waals surface area contributed by atoms with Crippen LogP contribution in [-0.4, -0.2) is 26.5 Å². The lowest BCUT2D eigenvalue weighted by molar-refractivity contribution is -0.113. The van der Waals surface area contributed by atoms with Gasteiger partial charge in [-0.2, -0.15) is 0 Å². The fourth-order valence-corrected chi connectivity index (χ4v) is 4.59. The van der Waals surface area contributed by atoms with Crippen LogP contribution in [0.25, 0.3) is 0 Å². The predicted octanol–water partition coefficient (Wildman–Crippen LogP) is 3.17. The number of rotatable bonds is 5. The van der Waals surface area contributed by atoms with E-state index in [0.717, 1.165) is 17.0 Å². The largest absolute Gasteiger partial charge is 0.323 e. The molecule has 3 rings (SSSR count). The van der Waals surface area contributed by atoms with Crippen molar-refractivity contribution in [1.29, 1.82) is 0 Å². The first-order chi connectivity index (χ1) is 12.0. The van der Waals surface area contributed by atoms with Gasteiger partial charge in [0.25, 0.3) is 5.56 Å². The number of para-hydroxylation sites is 1. The first kappa shape index (κ1) is 18.0. The number of aromatic nitrogens is 2. The van der Waals surface area contributed by atoms with Gasteiger partial charge in [0.05, 0.1) is 22.0 Å². The molecule has 0 aliphatic carbocycles. The Kier molecular flexibility index (Phi) is 5.48. The van der Waals surface area contributed by atoms with E-state index >= 15 is 0 Å². The van der Waals surface area contributed by atoms with Gasteiger partial charge in [0.2, 0.25) is 5.91 Å². The van der Waals surface area contributed by atoms with Crippen LogP contribution >= 0.6 is 23.5 Å². The second-order valence-corrected chi connectivity index (χ2v) is 8.06. The third-order valence-electron chi connectivity index (χ3n) is 3.76. The van der Waals surface area contributed by atoms with Gasteiger partial charge < -0.3 is 5.32 Å². The molecule has 2 aromatic rings. The highest BCUT2D eigenvalue weighted by atomic mass is 32.2. The number of thioether (sulfide) groups is 2. The van der Waals surface area contributed by atoms with Crippen molar-refractivity contribution in [2.75, 3.05) is 11.1 Å². The Morgan fingerprint density at radius 1 is 1.48 bits per heavy atom. The van der Waals surface area contributed by atoms with Crippen molar-refractivity contribution in [3.8, 4) is 0 Å². The van der Waals surface area contributed by atoms with Crippen LogP contribution in [0.15, 0.2) is 39.1 Å². The molecule has 0 saturated carbocycles. The molecular formula is C17H18FN3O2S2. The zero-order valence-electron chi connectivity index (χ0n) is 13.9. The third-order valence-corrected chi connectivity index (χ3v) is 5.95. The molecule has 1 aromatic carbocycles. The maximum absolute atomic E-state index is 13.6. The van der Waals surface area contributed by atoms with Crippen LogP contribution in [0, 0.1) is 5.82 Å². The number of hydrogen-bond donors (Lipinski definition) is 1. The zero-order valence-corrected chi connectivity index (χ0v) is 15.5. The van der Waals surface area contributed by atoms with Crippen LogP contribution in [0.3, 0.4) is 0 Å². The van der Waals surface area contributed by atoms with Crippen molar-refractivity contribution >= 4 is 35.1 Å². The number of hydrogen-bond acceptors (Lipinski definition) is 5. The molecule has 0 spiro atoms. The van der Waals surface area contributed by atoms with Crippen molar-refractivity contribution in [1.82, 2.24) is 9.55 Å². The SMILES string of the molecule is CCn1c(SCC(=O)Nc2ccccc2F)nc2c(c1=O)S[C@H](C)C2. The Balaban J connectivity index is 1.74. The normalized spacial score (nSPS) is 15.9. The molecule has 8 heteroatoms. The Morgan fingerprint density at radius 2 is 2.24 bits per heavy atom. The van der Waals surface area contributed by atoms with Gasteiger partial charge in [-0.1, -0.05) is 30.8 Å². The van der Waals surface area contributed by atoms with Gasteiger partial charge in [0, 0.05) is 18.2 Å². The highest BCUT2D eigenvalue weighted by molar-refractivity contribution is 8.00. The molecule has 25 heavy (non-hydrogen) atoms. The number of nitrogens with zero attached hydrogens (tertiary/aromatic N) is 2. The van der Waals surface area contributed by atoms with Gasteiger partial charge in [-0.05, 0) is 19.1 Å². The quantitative estimate of drug-likeness (QED) is 0.639. The Hall–Kier alpha value is -1.80. The Labute approximate surface area is 153 Å². The minimum absolute atomic E-state index is 0.0427. The summed E-state index contributed by atoms with van der Waals surface area (Å²) in [4.78, 5) is 30.0. The predicted molar refractivity (Wildman–Crippen MR) is 98.9 cm³/mol. The lowest BCUT2D eigenvalue weighted by atomic mass is 10.2. The molecule has 1 aliphatic heterocycles. The number of carbonyl (C=O) groups excluding carboxylic acids is 1. The van der Waals surface area contributed by atoms with Gasteiger partial charge in [-0.15, -0.1) is 11.8 Å². The summed E-state index contributed by atoms with van der Waals surface area (Å²) >= 11 is 2.75. The molecule has 0 saturated heterocycles. The van der Waals surface area contributed by atoms with Crippen molar-refractivity contribution in [3.63, 3.8) is 0 Å². The molecule has 1 aromatic heterocycles. The van der Waals surface area contributed by atoms with Gasteiger partial charge in [-0.25, -0.2) is 9.37 Å². The van der Waals surface area contributed by atoms with Gasteiger partial charge in [0.1, 0.15) is 5.82 Å². The summed E-state index contributed by atoms with van der Waals surface area (Å²) in [6.45, 7) is 4.43. The van der Waals surface area contributed by atoms with Crippen LogP contribution in [0.4, 0.5) is 10.1 Å². The molecule has 1 amide bonds. The van der Waals surface area contributed by atoms with Crippen LogP contribution in [0.5, 0.6) is 0 Å². The van der Waals surface area contributed by atoms with E-state index in [1.165, 1.54) is 23.9 Å². The van der Waals surface area contributed by atoms with Crippen molar-refractivity contribution < 1.29 is 9.18 Å². The van der Waals surface area contributed by atoms with E-state index in [1.54, 1.807) is 28.5 Å². The monoisotopic (exact) mass is 379 g/mol. The van der Waals surface area contributed by atoms with E-state index in [4.69, 9.17) is 0 Å². The first-order valence-corrected chi connectivity index (χ1v) is 9.83. The second-order valence-electron chi connectivity index (χ2n) is 5.67. The van der Waals surface area contributed by atoms with Crippen LogP contribution < -0.4 is 10.9 Å². The summed E-state index contributed by atoms with van der Waals surface area (Å²) in [6, 6.07) is 6.01. The highest BCUT2D eigenvalue weighted by Gasteiger charge is 2.26. The van der Waals surface area contributed by atoms with E-state index < -0.39 is 5.82 Å². The molecule has 5 nitrogen and oxygen atoms in total. The maximum atomic E-state index is 13.6. The minimum atomic E-state index is -0.479. The third kappa shape index (κ3) is 3.90. The summed E-state index contributed by atoms with van der Waals surface area (Å²) in [5.74, 6) is -0.759. The molecule has 1 N–H and O–H groups in total. The average Bonchev–Trinajstić information content (AvgIpc) is 2.96. The molecule has 1 atom stereocenters. The van der Waals surface area contributed by atoms with Gasteiger partial charge in [0.15, 0.2) is 5.16 Å². The van der Waals surface area contributed by atoms with Crippen LogP contribution in [-0.2, 0) is 17.8 Å². The lowest BCUT2D eigenvalue weighted by Crippen LogP contribution is -2.25. The molecule has 0 bridgehead atoms. The standard InChI is InChI=1S/C17H18FN3O2S2/c1-3-21-16(23)15-13(8-10(2)25-15)20-17(21)24-9-14(22)19-12-7-5-4-6-11(12)18/h4-7,10H,3,8-9H2,1-2H3,(H,19,22)/t10-/m1/s1. The molecule has 0 unspecified atom stereocenters. The summed E-state index contributed by atoms with van der Waals surface area (Å²) < 4.78 is 15.2. The fraction of sp³-hybridized carbons (Fsp3) is 0.353. The number of carbonyl (C=O) groups is 1. The smallest absolute Gasteiger partial charge is 0.268 e. The lowest BCUT2D eigenvalue weighted by Gasteiger charge is -2.11. The van der Waals surface area contributed by atoms with Gasteiger partial charge >= 0.3 is 0 Å². The number of nitrogens with one attached hydrogen (secondary N) is 1. The number of fused-ring (bicyclic) bond motifs is 1. The topological polar surface area (TPSA) is 64.0 Å². The number of benzene rings is 1. The van der Waals surface area contributed by atoms with E-state index in [9.17, 15) is 14.0 Å².